The molecule has 20 heavy (non-hydrogen) atoms. The molecule has 1 fully saturated rings. The molecule has 0 amide bonds. The van der Waals surface area contributed by atoms with Crippen molar-refractivity contribution in [2.24, 2.45) is 5.92 Å². The number of hydrogen-bond acceptors (Lipinski definition) is 2. The number of fused-ring (bicyclic) bond motifs is 1. The predicted octanol–water partition coefficient (Wildman–Crippen LogP) is 4.80. The summed E-state index contributed by atoms with van der Waals surface area (Å²) in [5.41, 5.74) is 1.25. The number of rotatable bonds is 5. The standard InChI is InChI=1S/C16H19F2NS/c1-9(2)7-19-8-15-16(10-3-4-10)11-5-12(17)13(18)6-14(11)20-15/h5-6,9-10,19H,3-4,7-8H2,1-2H3. The van der Waals surface area contributed by atoms with Gasteiger partial charge in [0, 0.05) is 16.1 Å². The van der Waals surface area contributed by atoms with E-state index in [0.29, 0.717) is 11.8 Å². The Morgan fingerprint density at radius 3 is 2.60 bits per heavy atom. The predicted molar refractivity (Wildman–Crippen MR) is 80.3 cm³/mol. The Bertz CT molecular complexity index is 629. The third-order valence-electron chi connectivity index (χ3n) is 3.67. The van der Waals surface area contributed by atoms with Crippen molar-refractivity contribution in [2.75, 3.05) is 6.54 Å². The Labute approximate surface area is 122 Å². The van der Waals surface area contributed by atoms with Crippen LogP contribution in [0, 0.1) is 17.6 Å². The first-order chi connectivity index (χ1) is 9.56. The fourth-order valence-electron chi connectivity index (χ4n) is 2.59. The topological polar surface area (TPSA) is 12.0 Å². The highest BCUT2D eigenvalue weighted by Gasteiger charge is 2.30. The average molecular weight is 295 g/mol. The van der Waals surface area contributed by atoms with Gasteiger partial charge in [0.2, 0.25) is 0 Å². The fraction of sp³-hybridized carbons (Fsp3) is 0.500. The van der Waals surface area contributed by atoms with Crippen molar-refractivity contribution in [1.82, 2.24) is 5.32 Å². The minimum atomic E-state index is -0.747. The van der Waals surface area contributed by atoms with Crippen LogP contribution in [-0.4, -0.2) is 6.54 Å². The molecule has 0 spiro atoms. The first-order valence-corrected chi connectivity index (χ1v) is 7.99. The van der Waals surface area contributed by atoms with Crippen LogP contribution in [0.5, 0.6) is 0 Å². The molecule has 0 bridgehead atoms. The molecule has 1 heterocycles. The maximum Gasteiger partial charge on any atom is 0.160 e. The molecule has 1 nitrogen and oxygen atoms in total. The SMILES string of the molecule is CC(C)CNCc1sc2cc(F)c(F)cc2c1C1CC1. The highest BCUT2D eigenvalue weighted by Crippen LogP contribution is 2.48. The number of benzene rings is 1. The van der Waals surface area contributed by atoms with Crippen LogP contribution < -0.4 is 5.32 Å². The van der Waals surface area contributed by atoms with Crippen molar-refractivity contribution >= 4 is 21.4 Å². The monoisotopic (exact) mass is 295 g/mol. The van der Waals surface area contributed by atoms with E-state index in [9.17, 15) is 8.78 Å². The molecule has 108 valence electrons. The summed E-state index contributed by atoms with van der Waals surface area (Å²) in [6.45, 7) is 6.10. The van der Waals surface area contributed by atoms with Crippen LogP contribution >= 0.6 is 11.3 Å². The lowest BCUT2D eigenvalue weighted by atomic mass is 10.1. The molecule has 0 aliphatic heterocycles. The maximum atomic E-state index is 13.5. The number of halogens is 2. The zero-order valence-corrected chi connectivity index (χ0v) is 12.6. The van der Waals surface area contributed by atoms with Crippen molar-refractivity contribution < 1.29 is 8.78 Å². The molecule has 1 saturated carbocycles. The van der Waals surface area contributed by atoms with Crippen LogP contribution in [0.15, 0.2) is 12.1 Å². The Morgan fingerprint density at radius 2 is 1.95 bits per heavy atom. The van der Waals surface area contributed by atoms with Crippen LogP contribution in [0.3, 0.4) is 0 Å². The van der Waals surface area contributed by atoms with E-state index in [1.165, 1.54) is 35.4 Å². The summed E-state index contributed by atoms with van der Waals surface area (Å²) in [6, 6.07) is 2.72. The molecular formula is C16H19F2NS. The van der Waals surface area contributed by atoms with Gasteiger partial charge in [0.25, 0.3) is 0 Å². The van der Waals surface area contributed by atoms with E-state index in [-0.39, 0.29) is 0 Å². The number of hydrogen-bond donors (Lipinski definition) is 1. The van der Waals surface area contributed by atoms with Gasteiger partial charge in [-0.1, -0.05) is 13.8 Å². The quantitative estimate of drug-likeness (QED) is 0.835. The Hall–Kier alpha value is -1.00. The smallest absolute Gasteiger partial charge is 0.160 e. The second-order valence-electron chi connectivity index (χ2n) is 6.00. The van der Waals surface area contributed by atoms with Gasteiger partial charge in [-0.3, -0.25) is 0 Å². The lowest BCUT2D eigenvalue weighted by molar-refractivity contribution is 0.511. The molecule has 1 aliphatic rings. The Morgan fingerprint density at radius 1 is 1.25 bits per heavy atom. The van der Waals surface area contributed by atoms with Crippen molar-refractivity contribution in [3.05, 3.63) is 34.2 Å². The third-order valence-corrected chi connectivity index (χ3v) is 4.84. The molecule has 1 aromatic carbocycles. The van der Waals surface area contributed by atoms with Gasteiger partial charge in [-0.05, 0) is 54.3 Å². The molecule has 0 saturated heterocycles. The van der Waals surface area contributed by atoms with Gasteiger partial charge in [0.05, 0.1) is 0 Å². The summed E-state index contributed by atoms with van der Waals surface area (Å²) >= 11 is 1.60. The summed E-state index contributed by atoms with van der Waals surface area (Å²) in [5, 5.41) is 4.35. The van der Waals surface area contributed by atoms with Gasteiger partial charge in [-0.25, -0.2) is 8.78 Å². The van der Waals surface area contributed by atoms with E-state index in [1.54, 1.807) is 11.3 Å². The maximum absolute atomic E-state index is 13.5. The lowest BCUT2D eigenvalue weighted by Gasteiger charge is -2.08. The zero-order valence-electron chi connectivity index (χ0n) is 11.8. The zero-order chi connectivity index (χ0) is 14.3. The van der Waals surface area contributed by atoms with Crippen molar-refractivity contribution in [3.63, 3.8) is 0 Å². The van der Waals surface area contributed by atoms with Crippen LogP contribution in [0.25, 0.3) is 10.1 Å². The fourth-order valence-corrected chi connectivity index (χ4v) is 3.85. The van der Waals surface area contributed by atoms with E-state index in [0.717, 1.165) is 23.2 Å². The highest BCUT2D eigenvalue weighted by molar-refractivity contribution is 7.19. The number of thiophene rings is 1. The largest absolute Gasteiger partial charge is 0.312 e. The molecule has 0 atom stereocenters. The first kappa shape index (κ1) is 14.0. The van der Waals surface area contributed by atoms with Crippen LogP contribution in [0.4, 0.5) is 8.78 Å². The normalized spacial score (nSPS) is 15.4. The van der Waals surface area contributed by atoms with E-state index >= 15 is 0 Å². The van der Waals surface area contributed by atoms with Gasteiger partial charge >= 0.3 is 0 Å². The van der Waals surface area contributed by atoms with Crippen LogP contribution in [0.2, 0.25) is 0 Å². The van der Waals surface area contributed by atoms with Gasteiger partial charge < -0.3 is 5.32 Å². The summed E-state index contributed by atoms with van der Waals surface area (Å²) in [5.74, 6) is -0.338. The second kappa shape index (κ2) is 5.41. The van der Waals surface area contributed by atoms with Gasteiger partial charge in [-0.15, -0.1) is 11.3 Å². The molecular weight excluding hydrogens is 276 g/mol. The molecule has 2 aromatic rings. The van der Waals surface area contributed by atoms with Gasteiger partial charge in [0.1, 0.15) is 0 Å². The summed E-state index contributed by atoms with van der Waals surface area (Å²) in [7, 11) is 0. The lowest BCUT2D eigenvalue weighted by Crippen LogP contribution is -2.18. The Balaban J connectivity index is 1.96. The van der Waals surface area contributed by atoms with Crippen LogP contribution in [-0.2, 0) is 6.54 Å². The van der Waals surface area contributed by atoms with E-state index in [2.05, 4.69) is 19.2 Å². The molecule has 3 rings (SSSR count). The van der Waals surface area contributed by atoms with E-state index in [1.807, 2.05) is 0 Å². The molecule has 0 unspecified atom stereocenters. The minimum Gasteiger partial charge on any atom is -0.312 e. The molecule has 1 aromatic heterocycles. The van der Waals surface area contributed by atoms with Gasteiger partial charge in [0.15, 0.2) is 11.6 Å². The molecule has 0 radical (unpaired) electrons. The van der Waals surface area contributed by atoms with Crippen molar-refractivity contribution in [3.8, 4) is 0 Å². The van der Waals surface area contributed by atoms with E-state index in [4.69, 9.17) is 0 Å². The number of nitrogens with one attached hydrogen (secondary N) is 1. The molecule has 1 aliphatic carbocycles. The van der Waals surface area contributed by atoms with Crippen LogP contribution in [0.1, 0.15) is 43.0 Å². The summed E-state index contributed by atoms with van der Waals surface area (Å²) < 4.78 is 27.7. The van der Waals surface area contributed by atoms with Crippen molar-refractivity contribution in [1.29, 1.82) is 0 Å². The minimum absolute atomic E-state index is 0.546. The molecule has 4 heteroatoms. The summed E-state index contributed by atoms with van der Waals surface area (Å²) in [4.78, 5) is 1.24. The van der Waals surface area contributed by atoms with E-state index < -0.39 is 11.6 Å². The van der Waals surface area contributed by atoms with Gasteiger partial charge in [-0.2, -0.15) is 0 Å². The summed E-state index contributed by atoms with van der Waals surface area (Å²) in [6.07, 6.45) is 2.34. The highest BCUT2D eigenvalue weighted by atomic mass is 32.1. The Kier molecular flexibility index (Phi) is 3.78. The second-order valence-corrected chi connectivity index (χ2v) is 7.14. The molecule has 1 N–H and O–H groups in total. The third kappa shape index (κ3) is 2.72. The van der Waals surface area contributed by atoms with Crippen molar-refractivity contribution in [2.45, 2.75) is 39.2 Å². The average Bonchev–Trinajstić information content (AvgIpc) is 3.14. The first-order valence-electron chi connectivity index (χ1n) is 7.17.